The molecule has 1 amide bonds. The second kappa shape index (κ2) is 6.88. The van der Waals surface area contributed by atoms with Crippen LogP contribution in [0.1, 0.15) is 55.9 Å². The lowest BCUT2D eigenvalue weighted by atomic mass is 10.1. The number of aromatic nitrogens is 2. The van der Waals surface area contributed by atoms with Gasteiger partial charge in [0, 0.05) is 32.4 Å². The lowest BCUT2D eigenvalue weighted by Crippen LogP contribution is -2.28. The van der Waals surface area contributed by atoms with Crippen molar-refractivity contribution in [3.63, 3.8) is 0 Å². The van der Waals surface area contributed by atoms with Gasteiger partial charge in [0.05, 0.1) is 17.9 Å². The number of ether oxygens (including phenoxy) is 1. The monoisotopic (exact) mass is 279 g/mol. The molecule has 1 atom stereocenters. The van der Waals surface area contributed by atoms with Crippen molar-refractivity contribution in [2.75, 3.05) is 20.2 Å². The van der Waals surface area contributed by atoms with Crippen molar-refractivity contribution >= 4 is 5.91 Å². The van der Waals surface area contributed by atoms with E-state index < -0.39 is 0 Å². The van der Waals surface area contributed by atoms with Crippen molar-refractivity contribution in [1.82, 2.24) is 14.7 Å². The summed E-state index contributed by atoms with van der Waals surface area (Å²) in [5, 5.41) is 4.21. The molecule has 2 heterocycles. The maximum absolute atomic E-state index is 12.2. The van der Waals surface area contributed by atoms with Crippen LogP contribution >= 0.6 is 0 Å². The lowest BCUT2D eigenvalue weighted by Gasteiger charge is -2.17. The predicted molar refractivity (Wildman–Crippen MR) is 77.8 cm³/mol. The van der Waals surface area contributed by atoms with Crippen LogP contribution in [0.2, 0.25) is 0 Å². The van der Waals surface area contributed by atoms with E-state index in [0.29, 0.717) is 11.7 Å². The summed E-state index contributed by atoms with van der Waals surface area (Å²) in [7, 11) is 1.85. The van der Waals surface area contributed by atoms with Gasteiger partial charge in [-0.2, -0.15) is 5.10 Å². The fourth-order valence-corrected chi connectivity index (χ4v) is 2.48. The van der Waals surface area contributed by atoms with Crippen LogP contribution in [-0.4, -0.2) is 46.9 Å². The summed E-state index contributed by atoms with van der Waals surface area (Å²) in [4.78, 5) is 14.0. The Morgan fingerprint density at radius 3 is 3.00 bits per heavy atom. The Labute approximate surface area is 120 Å². The van der Waals surface area contributed by atoms with Crippen LogP contribution in [0.15, 0.2) is 12.4 Å². The Kier molecular flexibility index (Phi) is 5.17. The van der Waals surface area contributed by atoms with Crippen LogP contribution in [0.25, 0.3) is 0 Å². The Morgan fingerprint density at radius 2 is 2.40 bits per heavy atom. The zero-order valence-electron chi connectivity index (χ0n) is 12.7. The second-order valence-corrected chi connectivity index (χ2v) is 5.81. The normalized spacial score (nSPS) is 18.7. The van der Waals surface area contributed by atoms with Crippen LogP contribution in [-0.2, 0) is 4.74 Å². The van der Waals surface area contributed by atoms with E-state index in [-0.39, 0.29) is 11.9 Å². The first kappa shape index (κ1) is 15.0. The van der Waals surface area contributed by atoms with Gasteiger partial charge < -0.3 is 9.64 Å². The zero-order chi connectivity index (χ0) is 14.5. The van der Waals surface area contributed by atoms with E-state index in [1.54, 1.807) is 11.1 Å². The minimum Gasteiger partial charge on any atom is -0.378 e. The third kappa shape index (κ3) is 3.82. The van der Waals surface area contributed by atoms with Crippen molar-refractivity contribution in [2.24, 2.45) is 0 Å². The first-order valence-electron chi connectivity index (χ1n) is 7.49. The first-order chi connectivity index (χ1) is 9.58. The maximum Gasteiger partial charge on any atom is 0.256 e. The number of nitrogens with zero attached hydrogens (tertiary/aromatic N) is 3. The summed E-state index contributed by atoms with van der Waals surface area (Å²) in [6.07, 6.45) is 8.26. The Bertz CT molecular complexity index is 436. The van der Waals surface area contributed by atoms with Gasteiger partial charge in [-0.1, -0.05) is 0 Å². The topological polar surface area (TPSA) is 47.4 Å². The predicted octanol–water partition coefficient (Wildman–Crippen LogP) is 2.50. The lowest BCUT2D eigenvalue weighted by molar-refractivity contribution is 0.0763. The molecule has 0 N–H and O–H groups in total. The molecule has 2 rings (SSSR count). The summed E-state index contributed by atoms with van der Waals surface area (Å²) < 4.78 is 7.41. The van der Waals surface area contributed by atoms with E-state index in [0.717, 1.165) is 26.0 Å². The van der Waals surface area contributed by atoms with E-state index >= 15 is 0 Å². The van der Waals surface area contributed by atoms with Crippen molar-refractivity contribution in [3.8, 4) is 0 Å². The Balaban J connectivity index is 1.78. The highest BCUT2D eigenvalue weighted by Gasteiger charge is 2.17. The summed E-state index contributed by atoms with van der Waals surface area (Å²) >= 11 is 0. The molecule has 0 aliphatic carbocycles. The Morgan fingerprint density at radius 1 is 1.60 bits per heavy atom. The molecule has 5 nitrogen and oxygen atoms in total. The highest BCUT2D eigenvalue weighted by atomic mass is 16.5. The van der Waals surface area contributed by atoms with Crippen molar-refractivity contribution in [1.29, 1.82) is 0 Å². The highest BCUT2D eigenvalue weighted by molar-refractivity contribution is 5.93. The quantitative estimate of drug-likeness (QED) is 0.804. The fourth-order valence-electron chi connectivity index (χ4n) is 2.48. The molecule has 112 valence electrons. The van der Waals surface area contributed by atoms with Gasteiger partial charge in [-0.05, 0) is 39.5 Å². The average Bonchev–Trinajstić information content (AvgIpc) is 3.08. The fraction of sp³-hybridized carbons (Fsp3) is 0.733. The molecule has 0 spiro atoms. The van der Waals surface area contributed by atoms with Gasteiger partial charge in [-0.25, -0.2) is 0 Å². The number of rotatable bonds is 6. The molecule has 1 aromatic heterocycles. The van der Waals surface area contributed by atoms with Crippen LogP contribution in [0.5, 0.6) is 0 Å². The number of carbonyl (C=O) groups excluding carboxylic acids is 1. The molecule has 0 bridgehead atoms. The average molecular weight is 279 g/mol. The molecule has 1 fully saturated rings. The molecule has 1 aliphatic heterocycles. The van der Waals surface area contributed by atoms with Crippen LogP contribution in [0.3, 0.4) is 0 Å². The summed E-state index contributed by atoms with van der Waals surface area (Å²) in [5.74, 6) is 0.0456. The molecule has 1 aromatic rings. The van der Waals surface area contributed by atoms with E-state index in [9.17, 15) is 4.79 Å². The smallest absolute Gasteiger partial charge is 0.256 e. The molecule has 0 unspecified atom stereocenters. The van der Waals surface area contributed by atoms with E-state index in [1.807, 2.05) is 31.8 Å². The molecular weight excluding hydrogens is 254 g/mol. The van der Waals surface area contributed by atoms with Gasteiger partial charge >= 0.3 is 0 Å². The molecule has 1 saturated heterocycles. The molecule has 0 radical (unpaired) electrons. The molecule has 5 heteroatoms. The first-order valence-corrected chi connectivity index (χ1v) is 7.49. The van der Waals surface area contributed by atoms with Crippen molar-refractivity contribution < 1.29 is 9.53 Å². The van der Waals surface area contributed by atoms with Gasteiger partial charge in [-0.15, -0.1) is 0 Å². The molecular formula is C15H25N3O2. The number of hydrogen-bond donors (Lipinski definition) is 0. The number of amides is 1. The Hall–Kier alpha value is -1.36. The minimum atomic E-state index is 0.0456. The number of hydrogen-bond acceptors (Lipinski definition) is 3. The summed E-state index contributed by atoms with van der Waals surface area (Å²) in [6.45, 7) is 5.76. The van der Waals surface area contributed by atoms with Crippen LogP contribution in [0, 0.1) is 0 Å². The third-order valence-electron chi connectivity index (χ3n) is 3.77. The van der Waals surface area contributed by atoms with Crippen molar-refractivity contribution in [2.45, 2.75) is 51.7 Å². The minimum absolute atomic E-state index is 0.0456. The third-order valence-corrected chi connectivity index (χ3v) is 3.77. The summed E-state index contributed by atoms with van der Waals surface area (Å²) in [6, 6.07) is 0.279. The van der Waals surface area contributed by atoms with Gasteiger partial charge in [0.2, 0.25) is 0 Å². The van der Waals surface area contributed by atoms with Crippen molar-refractivity contribution in [3.05, 3.63) is 18.0 Å². The van der Waals surface area contributed by atoms with E-state index in [2.05, 4.69) is 5.10 Å². The van der Waals surface area contributed by atoms with Gasteiger partial charge in [-0.3, -0.25) is 9.48 Å². The van der Waals surface area contributed by atoms with Crippen LogP contribution < -0.4 is 0 Å². The van der Waals surface area contributed by atoms with E-state index in [1.165, 1.54) is 12.8 Å². The van der Waals surface area contributed by atoms with E-state index in [4.69, 9.17) is 4.74 Å². The second-order valence-electron chi connectivity index (χ2n) is 5.81. The standard InChI is InChI=1S/C15H25N3O2/c1-12(2)18-11-13(10-16-18)15(19)17(3)8-4-6-14-7-5-9-20-14/h10-12,14H,4-9H2,1-3H3/t14-/m1/s1. The largest absolute Gasteiger partial charge is 0.378 e. The molecule has 0 aromatic carbocycles. The van der Waals surface area contributed by atoms with Gasteiger partial charge in [0.1, 0.15) is 0 Å². The molecule has 0 saturated carbocycles. The zero-order valence-corrected chi connectivity index (χ0v) is 12.7. The summed E-state index contributed by atoms with van der Waals surface area (Å²) in [5.41, 5.74) is 0.665. The highest BCUT2D eigenvalue weighted by Crippen LogP contribution is 2.17. The van der Waals surface area contributed by atoms with Gasteiger partial charge in [0.15, 0.2) is 0 Å². The molecule has 1 aliphatic rings. The van der Waals surface area contributed by atoms with Crippen LogP contribution in [0.4, 0.5) is 0 Å². The number of carbonyl (C=O) groups is 1. The molecule has 20 heavy (non-hydrogen) atoms. The SMILES string of the molecule is CC(C)n1cc(C(=O)N(C)CCC[C@@H]2CCCO2)cn1. The van der Waals surface area contributed by atoms with Gasteiger partial charge in [0.25, 0.3) is 5.91 Å². The maximum atomic E-state index is 12.2.